The van der Waals surface area contributed by atoms with Gasteiger partial charge in [-0.2, -0.15) is 0 Å². The van der Waals surface area contributed by atoms with Crippen LogP contribution < -0.4 is 0 Å². The van der Waals surface area contributed by atoms with Gasteiger partial charge in [0.25, 0.3) is 5.91 Å². The summed E-state index contributed by atoms with van der Waals surface area (Å²) in [6, 6.07) is 11.5. The Morgan fingerprint density at radius 2 is 1.86 bits per heavy atom. The van der Waals surface area contributed by atoms with Crippen molar-refractivity contribution in [1.82, 2.24) is 4.90 Å². The van der Waals surface area contributed by atoms with Crippen molar-refractivity contribution in [2.45, 2.75) is 39.8 Å². The second-order valence-electron chi connectivity index (χ2n) is 6.31. The summed E-state index contributed by atoms with van der Waals surface area (Å²) in [5.74, 6) is 0.851. The summed E-state index contributed by atoms with van der Waals surface area (Å²) >= 11 is 0. The average molecular weight is 301 g/mol. The lowest BCUT2D eigenvalue weighted by molar-refractivity contribution is 0.0263. The van der Waals surface area contributed by atoms with Gasteiger partial charge in [-0.1, -0.05) is 30.3 Å². The fraction of sp³-hybridized carbons (Fsp3) is 0.389. The first-order valence-electron chi connectivity index (χ1n) is 7.39. The van der Waals surface area contributed by atoms with E-state index >= 15 is 0 Å². The topological polar surface area (TPSA) is 53.7 Å². The number of benzene rings is 1. The third-order valence-corrected chi connectivity index (χ3v) is 3.46. The van der Waals surface area contributed by atoms with Crippen LogP contribution in [0.15, 0.2) is 40.8 Å². The lowest BCUT2D eigenvalue weighted by Gasteiger charge is -2.28. The number of rotatable bonds is 5. The molecule has 0 bridgehead atoms. The number of amides is 1. The van der Waals surface area contributed by atoms with Crippen molar-refractivity contribution in [3.05, 3.63) is 59.0 Å². The molecule has 0 aliphatic rings. The second kappa shape index (κ2) is 6.36. The van der Waals surface area contributed by atoms with E-state index in [1.54, 1.807) is 24.8 Å². The van der Waals surface area contributed by atoms with E-state index < -0.39 is 5.60 Å². The van der Waals surface area contributed by atoms with Crippen molar-refractivity contribution < 1.29 is 14.3 Å². The lowest BCUT2D eigenvalue weighted by Crippen LogP contribution is -2.41. The third kappa shape index (κ3) is 4.21. The molecule has 0 atom stereocenters. The number of hydrogen-bond acceptors (Lipinski definition) is 3. The quantitative estimate of drug-likeness (QED) is 0.922. The van der Waals surface area contributed by atoms with Gasteiger partial charge in [0.15, 0.2) is 5.76 Å². The summed E-state index contributed by atoms with van der Waals surface area (Å²) < 4.78 is 5.54. The minimum atomic E-state index is -0.971. The molecule has 2 aromatic rings. The van der Waals surface area contributed by atoms with Gasteiger partial charge in [-0.15, -0.1) is 0 Å². The van der Waals surface area contributed by atoms with Crippen molar-refractivity contribution in [2.75, 3.05) is 6.54 Å². The van der Waals surface area contributed by atoms with Gasteiger partial charge in [-0.25, -0.2) is 0 Å². The molecule has 0 saturated carbocycles. The molecule has 1 aromatic heterocycles. The first kappa shape index (κ1) is 16.3. The van der Waals surface area contributed by atoms with Crippen LogP contribution in [0.3, 0.4) is 0 Å². The van der Waals surface area contributed by atoms with Crippen LogP contribution >= 0.6 is 0 Å². The summed E-state index contributed by atoms with van der Waals surface area (Å²) in [6.45, 7) is 7.80. The van der Waals surface area contributed by atoms with E-state index in [2.05, 4.69) is 0 Å². The van der Waals surface area contributed by atoms with Gasteiger partial charge in [-0.3, -0.25) is 4.79 Å². The summed E-state index contributed by atoms with van der Waals surface area (Å²) in [5.41, 5.74) is 0.993. The molecule has 4 heteroatoms. The van der Waals surface area contributed by atoms with Crippen LogP contribution in [0.5, 0.6) is 0 Å². The third-order valence-electron chi connectivity index (χ3n) is 3.46. The molecule has 4 nitrogen and oxygen atoms in total. The maximum atomic E-state index is 12.7. The number of aliphatic hydroxyl groups is 1. The van der Waals surface area contributed by atoms with Gasteiger partial charge in [0, 0.05) is 13.1 Å². The van der Waals surface area contributed by atoms with Crippen LogP contribution in [0.2, 0.25) is 0 Å². The molecule has 2 rings (SSSR count). The molecular weight excluding hydrogens is 278 g/mol. The van der Waals surface area contributed by atoms with Crippen molar-refractivity contribution in [3.8, 4) is 0 Å². The van der Waals surface area contributed by atoms with Gasteiger partial charge < -0.3 is 14.4 Å². The van der Waals surface area contributed by atoms with E-state index in [4.69, 9.17) is 4.42 Å². The maximum absolute atomic E-state index is 12.7. The van der Waals surface area contributed by atoms with E-state index in [1.807, 2.05) is 44.2 Å². The minimum Gasteiger partial charge on any atom is -0.456 e. The number of aryl methyl sites for hydroxylation is 2. The molecule has 0 aliphatic carbocycles. The van der Waals surface area contributed by atoms with Crippen molar-refractivity contribution in [3.63, 3.8) is 0 Å². The van der Waals surface area contributed by atoms with E-state index in [1.165, 1.54) is 0 Å². The molecule has 1 N–H and O–H groups in total. The van der Waals surface area contributed by atoms with Crippen molar-refractivity contribution >= 4 is 5.91 Å². The van der Waals surface area contributed by atoms with Crippen molar-refractivity contribution in [2.24, 2.45) is 0 Å². The molecule has 118 valence electrons. The monoisotopic (exact) mass is 301 g/mol. The van der Waals surface area contributed by atoms with Crippen LogP contribution in [0.1, 0.15) is 41.3 Å². The Labute approximate surface area is 131 Å². The zero-order valence-corrected chi connectivity index (χ0v) is 13.6. The molecule has 1 heterocycles. The molecular formula is C18H23NO3. The average Bonchev–Trinajstić information content (AvgIpc) is 2.77. The minimum absolute atomic E-state index is 0.206. The second-order valence-corrected chi connectivity index (χ2v) is 6.31. The molecule has 22 heavy (non-hydrogen) atoms. The van der Waals surface area contributed by atoms with E-state index in [-0.39, 0.29) is 12.5 Å². The Morgan fingerprint density at radius 1 is 1.23 bits per heavy atom. The lowest BCUT2D eigenvalue weighted by atomic mass is 10.1. The van der Waals surface area contributed by atoms with Gasteiger partial charge in [0.05, 0.1) is 5.60 Å². The highest BCUT2D eigenvalue weighted by Crippen LogP contribution is 2.18. The van der Waals surface area contributed by atoms with Gasteiger partial charge >= 0.3 is 0 Å². The molecule has 0 unspecified atom stereocenters. The molecule has 1 aromatic carbocycles. The number of carbonyl (C=O) groups excluding carboxylic acids is 1. The van der Waals surface area contributed by atoms with Crippen LogP contribution in [0, 0.1) is 13.8 Å². The summed E-state index contributed by atoms with van der Waals surface area (Å²) in [5, 5.41) is 10.1. The van der Waals surface area contributed by atoms with E-state index in [0.717, 1.165) is 16.9 Å². The number of furan rings is 1. The van der Waals surface area contributed by atoms with Crippen LogP contribution in [0.25, 0.3) is 0 Å². The maximum Gasteiger partial charge on any atom is 0.289 e. The van der Waals surface area contributed by atoms with Crippen molar-refractivity contribution in [1.29, 1.82) is 0 Å². The van der Waals surface area contributed by atoms with Gasteiger partial charge in [-0.05, 0) is 44.9 Å². The zero-order chi connectivity index (χ0) is 16.3. The predicted molar refractivity (Wildman–Crippen MR) is 85.7 cm³/mol. The fourth-order valence-corrected chi connectivity index (χ4v) is 2.30. The standard InChI is InChI=1S/C18H23NO3/c1-13-10-16(22-14(13)2)17(20)19(12-18(3,4)21)11-15-8-6-5-7-9-15/h5-10,21H,11-12H2,1-4H3. The highest BCUT2D eigenvalue weighted by atomic mass is 16.4. The van der Waals surface area contributed by atoms with Crippen LogP contribution in [-0.2, 0) is 6.54 Å². The number of nitrogens with zero attached hydrogens (tertiary/aromatic N) is 1. The smallest absolute Gasteiger partial charge is 0.289 e. The molecule has 0 radical (unpaired) electrons. The highest BCUT2D eigenvalue weighted by molar-refractivity contribution is 5.91. The Bertz CT molecular complexity index is 619. The Balaban J connectivity index is 2.25. The number of hydrogen-bond donors (Lipinski definition) is 1. The molecule has 0 fully saturated rings. The van der Waals surface area contributed by atoms with Gasteiger partial charge in [0.2, 0.25) is 0 Å². The largest absolute Gasteiger partial charge is 0.456 e. The van der Waals surface area contributed by atoms with E-state index in [9.17, 15) is 9.90 Å². The van der Waals surface area contributed by atoms with Gasteiger partial charge in [0.1, 0.15) is 5.76 Å². The Hall–Kier alpha value is -2.07. The van der Waals surface area contributed by atoms with Crippen LogP contribution in [0.4, 0.5) is 0 Å². The molecule has 0 saturated heterocycles. The number of carbonyl (C=O) groups is 1. The summed E-state index contributed by atoms with van der Waals surface area (Å²) in [7, 11) is 0. The molecule has 0 aliphatic heterocycles. The highest BCUT2D eigenvalue weighted by Gasteiger charge is 2.26. The summed E-state index contributed by atoms with van der Waals surface area (Å²) in [4.78, 5) is 14.3. The summed E-state index contributed by atoms with van der Waals surface area (Å²) in [6.07, 6.45) is 0. The first-order chi connectivity index (χ1) is 10.3. The fourth-order valence-electron chi connectivity index (χ4n) is 2.30. The van der Waals surface area contributed by atoms with Crippen LogP contribution in [-0.4, -0.2) is 28.1 Å². The molecule has 0 spiro atoms. The Kier molecular flexibility index (Phi) is 4.71. The van der Waals surface area contributed by atoms with E-state index in [0.29, 0.717) is 12.3 Å². The Morgan fingerprint density at radius 3 is 2.36 bits per heavy atom. The normalized spacial score (nSPS) is 11.5. The predicted octanol–water partition coefficient (Wildman–Crippen LogP) is 3.31. The molecule has 1 amide bonds. The SMILES string of the molecule is Cc1cc(C(=O)N(Cc2ccccc2)CC(C)(C)O)oc1C. The zero-order valence-electron chi connectivity index (χ0n) is 13.6. The first-order valence-corrected chi connectivity index (χ1v) is 7.39.